The molecule has 0 saturated heterocycles. The van der Waals surface area contributed by atoms with Crippen molar-refractivity contribution in [2.45, 2.75) is 70.1 Å². The van der Waals surface area contributed by atoms with E-state index >= 15 is 0 Å². The van der Waals surface area contributed by atoms with E-state index in [9.17, 15) is 44.3 Å². The molecule has 0 spiro atoms. The molecule has 15 heteroatoms. The van der Waals surface area contributed by atoms with Crippen molar-refractivity contribution in [2.24, 2.45) is 0 Å². The lowest BCUT2D eigenvalue weighted by Crippen LogP contribution is -2.50. The molecule has 0 fully saturated rings. The van der Waals surface area contributed by atoms with Gasteiger partial charge in [-0.3, -0.25) is 0 Å². The lowest BCUT2D eigenvalue weighted by Gasteiger charge is -2.46. The van der Waals surface area contributed by atoms with Gasteiger partial charge in [0.2, 0.25) is 6.41 Å². The minimum atomic E-state index is -5.11. The van der Waals surface area contributed by atoms with Gasteiger partial charge in [0.05, 0.1) is 23.8 Å². The van der Waals surface area contributed by atoms with Gasteiger partial charge in [-0.15, -0.1) is 0 Å². The molecule has 0 aromatic heterocycles. The van der Waals surface area contributed by atoms with Crippen LogP contribution < -0.4 is 4.90 Å². The zero-order valence-corrected chi connectivity index (χ0v) is 23.7. The molecule has 3 atom stereocenters. The molecule has 1 unspecified atom stereocenters. The van der Waals surface area contributed by atoms with Crippen LogP contribution in [0.15, 0.2) is 36.4 Å². The number of hydrogen-bond donors (Lipinski definition) is 0. The second kappa shape index (κ2) is 13.2. The summed E-state index contributed by atoms with van der Waals surface area (Å²) >= 11 is 0. The number of ether oxygens (including phenoxy) is 3. The maximum atomic E-state index is 13.7. The smallest absolute Gasteiger partial charge is 0.416 e. The highest BCUT2D eigenvalue weighted by Crippen LogP contribution is 2.44. The van der Waals surface area contributed by atoms with Crippen molar-refractivity contribution in [1.29, 1.82) is 0 Å². The second-order valence-electron chi connectivity index (χ2n) is 9.94. The molecule has 1 aliphatic rings. The number of amides is 1. The van der Waals surface area contributed by atoms with Crippen molar-refractivity contribution >= 4 is 11.8 Å². The van der Waals surface area contributed by atoms with Crippen molar-refractivity contribution in [3.05, 3.63) is 64.2 Å². The number of methoxy groups -OCH3 is 2. The summed E-state index contributed by atoms with van der Waals surface area (Å²) in [6.45, 7) is 2.65. The topological polar surface area (TPSA) is 51.2 Å². The number of nitrogens with zero attached hydrogens (tertiary/aromatic N) is 2. The Hall–Kier alpha value is -3.20. The van der Waals surface area contributed by atoms with E-state index in [1.165, 1.54) is 13.2 Å². The van der Waals surface area contributed by atoms with Crippen LogP contribution in [0.25, 0.3) is 0 Å². The number of halogens is 9. The van der Waals surface area contributed by atoms with Crippen LogP contribution in [0.3, 0.4) is 0 Å². The summed E-state index contributed by atoms with van der Waals surface area (Å²) in [5, 5.41) is 0. The first-order valence-electron chi connectivity index (χ1n) is 13.2. The largest absolute Gasteiger partial charge is 0.453 e. The minimum Gasteiger partial charge on any atom is -0.453 e. The lowest BCUT2D eigenvalue weighted by atomic mass is 9.83. The maximum Gasteiger partial charge on any atom is 0.416 e. The third-order valence-corrected chi connectivity index (χ3v) is 7.13. The van der Waals surface area contributed by atoms with E-state index in [2.05, 4.69) is 0 Å². The highest BCUT2D eigenvalue weighted by atomic mass is 19.4. The average molecular weight is 631 g/mol. The Kier molecular flexibility index (Phi) is 10.5. The fourth-order valence-electron chi connectivity index (χ4n) is 5.21. The zero-order valence-electron chi connectivity index (χ0n) is 23.7. The third kappa shape index (κ3) is 8.05. The second-order valence-corrected chi connectivity index (χ2v) is 9.94. The van der Waals surface area contributed by atoms with Crippen LogP contribution in [0.1, 0.15) is 60.4 Å². The highest BCUT2D eigenvalue weighted by Gasteiger charge is 2.41. The number of benzene rings is 2. The minimum absolute atomic E-state index is 0.0347. The Labute approximate surface area is 242 Å². The van der Waals surface area contributed by atoms with Crippen molar-refractivity contribution in [3.8, 4) is 0 Å². The molecule has 240 valence electrons. The molecule has 0 radical (unpaired) electrons. The molecule has 1 amide bonds. The van der Waals surface area contributed by atoms with Crippen molar-refractivity contribution < 1.29 is 58.5 Å². The monoisotopic (exact) mass is 630 g/mol. The normalized spacial score (nSPS) is 18.3. The average Bonchev–Trinajstić information content (AvgIpc) is 2.93. The number of alkyl halides is 9. The van der Waals surface area contributed by atoms with E-state index in [-0.39, 0.29) is 37.2 Å². The van der Waals surface area contributed by atoms with E-state index in [1.807, 2.05) is 6.92 Å². The molecule has 1 heterocycles. The number of hydrogen-bond acceptors (Lipinski definition) is 5. The van der Waals surface area contributed by atoms with E-state index in [0.717, 1.165) is 24.1 Å². The first kappa shape index (κ1) is 34.3. The molecule has 2 aromatic carbocycles. The van der Waals surface area contributed by atoms with Crippen molar-refractivity contribution in [3.63, 3.8) is 0 Å². The van der Waals surface area contributed by atoms with Crippen LogP contribution in [0.5, 0.6) is 0 Å². The fourth-order valence-corrected chi connectivity index (χ4v) is 5.21. The third-order valence-electron chi connectivity index (χ3n) is 7.13. The number of rotatable bonds is 9. The van der Waals surface area contributed by atoms with Gasteiger partial charge in [-0.05, 0) is 67.3 Å². The van der Waals surface area contributed by atoms with Gasteiger partial charge in [0.15, 0.2) is 0 Å². The van der Waals surface area contributed by atoms with E-state index in [0.29, 0.717) is 24.2 Å². The molecule has 0 N–H and O–H groups in total. The van der Waals surface area contributed by atoms with E-state index in [4.69, 9.17) is 14.2 Å². The van der Waals surface area contributed by atoms with Gasteiger partial charge in [-0.1, -0.05) is 6.92 Å². The number of carbonyl (C=O) groups is 1. The van der Waals surface area contributed by atoms with E-state index < -0.39 is 65.8 Å². The maximum absolute atomic E-state index is 13.7. The zero-order chi connectivity index (χ0) is 32.3. The number of anilines is 1. The van der Waals surface area contributed by atoms with Crippen LogP contribution in [-0.2, 0) is 39.3 Å². The molecule has 0 bridgehead atoms. The van der Waals surface area contributed by atoms with Gasteiger partial charge < -0.3 is 24.0 Å². The van der Waals surface area contributed by atoms with Crippen LogP contribution >= 0.6 is 0 Å². The van der Waals surface area contributed by atoms with Gasteiger partial charge in [0.1, 0.15) is 0 Å². The summed E-state index contributed by atoms with van der Waals surface area (Å²) in [6, 6.07) is 3.62. The Balaban J connectivity index is 2.11. The van der Waals surface area contributed by atoms with Crippen LogP contribution in [0, 0.1) is 0 Å². The van der Waals surface area contributed by atoms with Gasteiger partial charge in [0, 0.05) is 44.5 Å². The summed E-state index contributed by atoms with van der Waals surface area (Å²) < 4.78 is 138. The van der Waals surface area contributed by atoms with Gasteiger partial charge in [0.25, 0.3) is 0 Å². The van der Waals surface area contributed by atoms with Crippen molar-refractivity contribution in [1.82, 2.24) is 4.90 Å². The SMILES string of the molecule is CCOC(OC)N1c2ccc(C(F)(F)F)cc2[C@@H](CN(Cc2cc(C(F)(F)F)cc(C(F)(F)F)c2)C(=O)OC)C[C@H]1CC. The predicted molar refractivity (Wildman–Crippen MR) is 137 cm³/mol. The van der Waals surface area contributed by atoms with E-state index in [1.54, 1.807) is 11.8 Å². The summed E-state index contributed by atoms with van der Waals surface area (Å²) in [5.41, 5.74) is -4.13. The summed E-state index contributed by atoms with van der Waals surface area (Å²) in [5.74, 6) is -0.815. The Bertz CT molecular complexity index is 1230. The molecular weight excluding hydrogens is 599 g/mol. The first-order chi connectivity index (χ1) is 19.9. The molecular formula is C28H31F9N2O4. The molecule has 0 aliphatic carbocycles. The predicted octanol–water partition coefficient (Wildman–Crippen LogP) is 8.05. The first-order valence-corrected chi connectivity index (χ1v) is 13.2. The Morgan fingerprint density at radius 1 is 0.907 bits per heavy atom. The quantitative estimate of drug-likeness (QED) is 0.207. The van der Waals surface area contributed by atoms with Crippen LogP contribution in [0.2, 0.25) is 0 Å². The van der Waals surface area contributed by atoms with Gasteiger partial charge in [-0.25, -0.2) is 4.79 Å². The van der Waals surface area contributed by atoms with Crippen LogP contribution in [-0.4, -0.2) is 50.8 Å². The van der Waals surface area contributed by atoms with Gasteiger partial charge >= 0.3 is 24.6 Å². The van der Waals surface area contributed by atoms with Crippen molar-refractivity contribution in [2.75, 3.05) is 32.3 Å². The fraction of sp³-hybridized carbons (Fsp3) is 0.536. The molecule has 6 nitrogen and oxygen atoms in total. The lowest BCUT2D eigenvalue weighted by molar-refractivity contribution is -0.143. The Morgan fingerprint density at radius 3 is 1.95 bits per heavy atom. The molecule has 1 aliphatic heterocycles. The summed E-state index contributed by atoms with van der Waals surface area (Å²) in [6.07, 6.45) is -16.4. The summed E-state index contributed by atoms with van der Waals surface area (Å²) in [4.78, 5) is 15.3. The molecule has 3 rings (SSSR count). The summed E-state index contributed by atoms with van der Waals surface area (Å²) in [7, 11) is 2.34. The highest BCUT2D eigenvalue weighted by molar-refractivity contribution is 5.68. The number of carbonyl (C=O) groups excluding carboxylic acids is 1. The van der Waals surface area contributed by atoms with Crippen LogP contribution in [0.4, 0.5) is 50.0 Å². The molecule has 2 aromatic rings. The standard InChI is InChI=1S/C28H31F9N2O4/c1-5-21-11-17(22-13-18(26(29,30)31)7-8-23(22)39(21)25(42-4)43-6-2)15-38(24(40)41-3)14-16-9-19(27(32,33)34)12-20(10-16)28(35,36)37/h7-10,12-13,17,21,25H,5-6,11,14-15H2,1-4H3/t17-,21-,25?/m1/s1. The molecule has 0 saturated carbocycles. The molecule has 43 heavy (non-hydrogen) atoms. The van der Waals surface area contributed by atoms with Gasteiger partial charge in [-0.2, -0.15) is 39.5 Å². The Morgan fingerprint density at radius 2 is 1.49 bits per heavy atom. The number of fused-ring (bicyclic) bond motifs is 1.